The maximum Gasteiger partial charge on any atom is 0.287 e. The Labute approximate surface area is 170 Å². The van der Waals surface area contributed by atoms with Gasteiger partial charge in [0.1, 0.15) is 5.76 Å². The molecule has 2 amide bonds. The van der Waals surface area contributed by atoms with Crippen molar-refractivity contribution in [2.75, 3.05) is 33.4 Å². The second-order valence-electron chi connectivity index (χ2n) is 6.49. The number of hydrogen-bond donors (Lipinski definition) is 3. The van der Waals surface area contributed by atoms with Crippen LogP contribution in [0.25, 0.3) is 11.3 Å². The molecule has 3 N–H and O–H groups in total. The first-order chi connectivity index (χ1) is 13.2. The van der Waals surface area contributed by atoms with Crippen LogP contribution in [0.3, 0.4) is 0 Å². The smallest absolute Gasteiger partial charge is 0.287 e. The largest absolute Gasteiger partial charge is 0.451 e. The summed E-state index contributed by atoms with van der Waals surface area (Å²) in [5, 5.41) is 9.08. The van der Waals surface area contributed by atoms with Crippen LogP contribution in [0.4, 0.5) is 0 Å². The highest BCUT2D eigenvalue weighted by Crippen LogP contribution is 2.23. The third kappa shape index (κ3) is 5.82. The van der Waals surface area contributed by atoms with E-state index in [-0.39, 0.29) is 36.0 Å². The van der Waals surface area contributed by atoms with Crippen LogP contribution in [-0.4, -0.2) is 51.2 Å². The van der Waals surface area contributed by atoms with Gasteiger partial charge >= 0.3 is 0 Å². The Morgan fingerprint density at radius 1 is 1.18 bits per heavy atom. The van der Waals surface area contributed by atoms with Gasteiger partial charge in [0.2, 0.25) is 0 Å². The van der Waals surface area contributed by atoms with Crippen molar-refractivity contribution >= 4 is 24.2 Å². The predicted molar refractivity (Wildman–Crippen MR) is 109 cm³/mol. The topological polar surface area (TPSA) is 92.6 Å². The van der Waals surface area contributed by atoms with Gasteiger partial charge in [-0.2, -0.15) is 0 Å². The van der Waals surface area contributed by atoms with E-state index in [2.05, 4.69) is 16.0 Å². The predicted octanol–water partition coefficient (Wildman–Crippen LogP) is 2.23. The molecule has 0 aliphatic carbocycles. The Morgan fingerprint density at radius 2 is 1.96 bits per heavy atom. The van der Waals surface area contributed by atoms with Crippen LogP contribution in [0.1, 0.15) is 33.8 Å². The zero-order valence-electron chi connectivity index (χ0n) is 15.8. The molecule has 1 aliphatic heterocycles. The third-order valence-electron chi connectivity index (χ3n) is 4.51. The number of nitrogens with one attached hydrogen (secondary N) is 3. The van der Waals surface area contributed by atoms with E-state index < -0.39 is 0 Å². The van der Waals surface area contributed by atoms with Crippen molar-refractivity contribution in [3.05, 3.63) is 47.7 Å². The number of piperidine rings is 1. The molecule has 0 bridgehead atoms. The molecule has 2 aromatic rings. The fourth-order valence-electron chi connectivity index (χ4n) is 3.02. The number of halogens is 1. The first-order valence-electron chi connectivity index (χ1n) is 9.16. The summed E-state index contributed by atoms with van der Waals surface area (Å²) >= 11 is 0. The van der Waals surface area contributed by atoms with Crippen molar-refractivity contribution in [3.8, 4) is 11.3 Å². The highest BCUT2D eigenvalue weighted by molar-refractivity contribution is 5.96. The first-order valence-corrected chi connectivity index (χ1v) is 9.16. The average molecular weight is 408 g/mol. The lowest BCUT2D eigenvalue weighted by atomic mass is 10.0. The van der Waals surface area contributed by atoms with E-state index in [1.165, 1.54) is 0 Å². The fraction of sp³-hybridized carbons (Fsp3) is 0.400. The number of ether oxygens (including phenoxy) is 1. The van der Waals surface area contributed by atoms with Gasteiger partial charge < -0.3 is 25.1 Å². The molecule has 28 heavy (non-hydrogen) atoms. The van der Waals surface area contributed by atoms with E-state index in [4.69, 9.17) is 9.15 Å². The van der Waals surface area contributed by atoms with Gasteiger partial charge in [-0.1, -0.05) is 12.1 Å². The molecule has 152 valence electrons. The van der Waals surface area contributed by atoms with E-state index in [0.717, 1.165) is 31.5 Å². The molecule has 1 saturated heterocycles. The van der Waals surface area contributed by atoms with Crippen molar-refractivity contribution in [2.45, 2.75) is 18.9 Å². The van der Waals surface area contributed by atoms with Gasteiger partial charge in [-0.05, 0) is 50.2 Å². The number of benzene rings is 1. The van der Waals surface area contributed by atoms with Crippen LogP contribution < -0.4 is 16.0 Å². The lowest BCUT2D eigenvalue weighted by molar-refractivity contribution is 0.0907. The van der Waals surface area contributed by atoms with Crippen LogP contribution in [0.15, 0.2) is 40.8 Å². The molecule has 0 atom stereocenters. The Balaban J connectivity index is 0.00000280. The normalized spacial score (nSPS) is 14.2. The summed E-state index contributed by atoms with van der Waals surface area (Å²) < 4.78 is 10.6. The minimum absolute atomic E-state index is 0. The molecule has 2 heterocycles. The highest BCUT2D eigenvalue weighted by Gasteiger charge is 2.17. The number of amides is 2. The van der Waals surface area contributed by atoms with Gasteiger partial charge in [-0.15, -0.1) is 12.4 Å². The molecule has 7 nitrogen and oxygen atoms in total. The number of rotatable bonds is 7. The van der Waals surface area contributed by atoms with Crippen molar-refractivity contribution in [1.82, 2.24) is 16.0 Å². The molecule has 1 aromatic carbocycles. The van der Waals surface area contributed by atoms with Gasteiger partial charge in [-0.3, -0.25) is 9.59 Å². The van der Waals surface area contributed by atoms with Crippen LogP contribution >= 0.6 is 12.4 Å². The molecular weight excluding hydrogens is 382 g/mol. The Kier molecular flexibility index (Phi) is 8.50. The summed E-state index contributed by atoms with van der Waals surface area (Å²) in [5.74, 6) is 0.389. The first kappa shape index (κ1) is 21.9. The van der Waals surface area contributed by atoms with E-state index >= 15 is 0 Å². The maximum absolute atomic E-state index is 12.5. The Morgan fingerprint density at radius 3 is 2.71 bits per heavy atom. The van der Waals surface area contributed by atoms with E-state index in [9.17, 15) is 9.59 Å². The standard InChI is InChI=1S/C20H25N3O4.ClH/c1-26-12-11-22-20(25)18-6-5-17(27-18)14-3-2-4-15(13-14)19(24)23-16-7-9-21-10-8-16;/h2-6,13,16,21H,7-12H2,1H3,(H,22,25)(H,23,24);1H. The Bertz CT molecular complexity index is 787. The van der Waals surface area contributed by atoms with Crippen LogP contribution in [0.5, 0.6) is 0 Å². The second-order valence-corrected chi connectivity index (χ2v) is 6.49. The summed E-state index contributed by atoms with van der Waals surface area (Å²) in [5.41, 5.74) is 1.33. The van der Waals surface area contributed by atoms with E-state index in [1.54, 1.807) is 31.4 Å². The minimum Gasteiger partial charge on any atom is -0.451 e. The van der Waals surface area contributed by atoms with Crippen LogP contribution in [0.2, 0.25) is 0 Å². The van der Waals surface area contributed by atoms with Gasteiger partial charge in [0.15, 0.2) is 5.76 Å². The molecule has 0 saturated carbocycles. The molecular formula is C20H26ClN3O4. The van der Waals surface area contributed by atoms with Crippen LogP contribution in [-0.2, 0) is 4.74 Å². The zero-order chi connectivity index (χ0) is 19.1. The summed E-state index contributed by atoms with van der Waals surface area (Å²) in [6.07, 6.45) is 1.87. The number of hydrogen-bond acceptors (Lipinski definition) is 5. The zero-order valence-corrected chi connectivity index (χ0v) is 16.6. The average Bonchev–Trinajstić information content (AvgIpc) is 3.19. The molecule has 0 unspecified atom stereocenters. The highest BCUT2D eigenvalue weighted by atomic mass is 35.5. The third-order valence-corrected chi connectivity index (χ3v) is 4.51. The fourth-order valence-corrected chi connectivity index (χ4v) is 3.02. The second kappa shape index (κ2) is 10.8. The van der Waals surface area contributed by atoms with Crippen LogP contribution in [0, 0.1) is 0 Å². The van der Waals surface area contributed by atoms with Crippen molar-refractivity contribution < 1.29 is 18.7 Å². The van der Waals surface area contributed by atoms with Crippen molar-refractivity contribution in [2.24, 2.45) is 0 Å². The number of carbonyl (C=O) groups excluding carboxylic acids is 2. The van der Waals surface area contributed by atoms with Crippen molar-refractivity contribution in [3.63, 3.8) is 0 Å². The summed E-state index contributed by atoms with van der Waals surface area (Å²) in [4.78, 5) is 24.5. The molecule has 0 radical (unpaired) electrons. The number of methoxy groups -OCH3 is 1. The number of carbonyl (C=O) groups is 2. The molecule has 1 aliphatic rings. The monoisotopic (exact) mass is 407 g/mol. The maximum atomic E-state index is 12.5. The molecule has 0 spiro atoms. The van der Waals surface area contributed by atoms with E-state index in [0.29, 0.717) is 24.5 Å². The summed E-state index contributed by atoms with van der Waals surface area (Å²) in [6.45, 7) is 2.70. The SMILES string of the molecule is COCCNC(=O)c1ccc(-c2cccc(C(=O)NC3CCNCC3)c2)o1.Cl. The molecule has 1 fully saturated rings. The van der Waals surface area contributed by atoms with E-state index in [1.807, 2.05) is 12.1 Å². The summed E-state index contributed by atoms with van der Waals surface area (Å²) in [6, 6.07) is 10.8. The van der Waals surface area contributed by atoms with Gasteiger partial charge in [0.05, 0.1) is 6.61 Å². The lowest BCUT2D eigenvalue weighted by Crippen LogP contribution is -2.42. The minimum atomic E-state index is -0.293. The molecule has 8 heteroatoms. The van der Waals surface area contributed by atoms with Crippen molar-refractivity contribution in [1.29, 1.82) is 0 Å². The number of furan rings is 1. The quantitative estimate of drug-likeness (QED) is 0.612. The Hall–Kier alpha value is -2.35. The van der Waals surface area contributed by atoms with Gasteiger partial charge in [0.25, 0.3) is 11.8 Å². The van der Waals surface area contributed by atoms with Gasteiger partial charge in [-0.25, -0.2) is 0 Å². The lowest BCUT2D eigenvalue weighted by Gasteiger charge is -2.23. The molecule has 1 aromatic heterocycles. The summed E-state index contributed by atoms with van der Waals surface area (Å²) in [7, 11) is 1.57. The molecule has 3 rings (SSSR count). The van der Waals surface area contributed by atoms with Gasteiger partial charge in [0, 0.05) is 30.8 Å².